The van der Waals surface area contributed by atoms with Gasteiger partial charge in [0.1, 0.15) is 27.3 Å². The number of hydrogen-bond donors (Lipinski definition) is 2. The quantitative estimate of drug-likeness (QED) is 0.280. The predicted octanol–water partition coefficient (Wildman–Crippen LogP) is -2.54. The molecule has 0 aliphatic rings. The third-order valence-corrected chi connectivity index (χ3v) is 0.987. The molecule has 0 unspecified atom stereocenters. The van der Waals surface area contributed by atoms with Gasteiger partial charge in [0.15, 0.2) is 0 Å². The molecular formula is C6H20NO4Si+. The van der Waals surface area contributed by atoms with Crippen molar-refractivity contribution in [2.24, 2.45) is 0 Å². The van der Waals surface area contributed by atoms with Gasteiger partial charge in [-0.2, -0.15) is 9.68 Å². The van der Waals surface area contributed by atoms with E-state index < -0.39 is 0 Å². The zero-order valence-electron chi connectivity index (χ0n) is 6.99. The topological polar surface area (TPSA) is 58.9 Å². The minimum atomic E-state index is -0.110. The molecule has 2 N–H and O–H groups in total. The molecule has 0 aromatic rings. The smallest absolute Gasteiger partial charge is 0.133 e. The average Bonchev–Trinajstić information content (AvgIpc) is 1.97. The maximum Gasteiger partial charge on any atom is 0.133 e. The predicted molar refractivity (Wildman–Crippen MR) is 49.5 cm³/mol. The number of aliphatic hydroxyl groups excluding tert-OH is 2. The van der Waals surface area contributed by atoms with Gasteiger partial charge in [0.25, 0.3) is 0 Å². The Hall–Kier alpha value is 0.0169. The number of nitrogens with zero attached hydrogens (tertiary/aromatic N) is 1. The van der Waals surface area contributed by atoms with E-state index >= 15 is 0 Å². The second kappa shape index (κ2) is 7.65. The van der Waals surface area contributed by atoms with Gasteiger partial charge in [-0.3, -0.25) is 0 Å². The van der Waals surface area contributed by atoms with Crippen LogP contribution >= 0.6 is 0 Å². The Morgan fingerprint density at radius 3 is 1.58 bits per heavy atom. The molecule has 76 valence electrons. The Morgan fingerprint density at radius 2 is 1.33 bits per heavy atom. The summed E-state index contributed by atoms with van der Waals surface area (Å²) >= 11 is 0. The van der Waals surface area contributed by atoms with Crippen LogP contribution in [-0.4, -0.2) is 66.5 Å². The van der Waals surface area contributed by atoms with Gasteiger partial charge in [0, 0.05) is 0 Å². The highest BCUT2D eigenvalue weighted by atomic mass is 28.1. The van der Waals surface area contributed by atoms with Gasteiger partial charge < -0.3 is 10.2 Å². The van der Waals surface area contributed by atoms with Crippen LogP contribution in [0.5, 0.6) is 0 Å². The van der Waals surface area contributed by atoms with E-state index in [1.54, 1.807) is 14.1 Å². The molecule has 5 nitrogen and oxygen atoms in total. The van der Waals surface area contributed by atoms with E-state index in [2.05, 4.69) is 0 Å². The first kappa shape index (κ1) is 14.5. The lowest BCUT2D eigenvalue weighted by atomic mass is 10.8. The van der Waals surface area contributed by atoms with Crippen LogP contribution in [0.1, 0.15) is 0 Å². The second-order valence-electron chi connectivity index (χ2n) is 2.37. The van der Waals surface area contributed by atoms with E-state index in [-0.39, 0.29) is 42.2 Å². The van der Waals surface area contributed by atoms with Gasteiger partial charge >= 0.3 is 0 Å². The van der Waals surface area contributed by atoms with Crippen molar-refractivity contribution in [2.45, 2.75) is 0 Å². The normalized spacial score (nSPS) is 11.0. The summed E-state index contributed by atoms with van der Waals surface area (Å²) in [5.74, 6) is 0. The minimum Gasteiger partial charge on any atom is -0.394 e. The molecule has 0 aromatic heterocycles. The van der Waals surface area contributed by atoms with Crippen LogP contribution in [0.4, 0.5) is 0 Å². The Labute approximate surface area is 77.0 Å². The van der Waals surface area contributed by atoms with Crippen molar-refractivity contribution in [1.29, 1.82) is 0 Å². The van der Waals surface area contributed by atoms with Crippen LogP contribution in [0.25, 0.3) is 0 Å². The summed E-state index contributed by atoms with van der Waals surface area (Å²) < 4.78 is 0. The summed E-state index contributed by atoms with van der Waals surface area (Å²) in [6.45, 7) is 0.366. The van der Waals surface area contributed by atoms with Gasteiger partial charge in [-0.25, -0.2) is 0 Å². The monoisotopic (exact) mass is 198 g/mol. The average molecular weight is 198 g/mol. The van der Waals surface area contributed by atoms with Gasteiger partial charge in [0.05, 0.1) is 13.2 Å². The summed E-state index contributed by atoms with van der Waals surface area (Å²) in [7, 11) is 3.34. The van der Waals surface area contributed by atoms with Gasteiger partial charge in [0.2, 0.25) is 0 Å². The van der Waals surface area contributed by atoms with E-state index in [4.69, 9.17) is 19.9 Å². The van der Waals surface area contributed by atoms with Crippen LogP contribution in [-0.2, 0) is 9.68 Å². The third-order valence-electron chi connectivity index (χ3n) is 0.987. The Morgan fingerprint density at radius 1 is 1.00 bits per heavy atom. The van der Waals surface area contributed by atoms with E-state index in [0.717, 1.165) is 0 Å². The molecule has 0 bridgehead atoms. The van der Waals surface area contributed by atoms with Crippen molar-refractivity contribution in [1.82, 2.24) is 0 Å². The third kappa shape index (κ3) is 8.12. The molecule has 0 heterocycles. The second-order valence-corrected chi connectivity index (χ2v) is 2.37. The van der Waals surface area contributed by atoms with Gasteiger partial charge in [-0.1, -0.05) is 0 Å². The molecule has 0 saturated heterocycles. The molecule has 0 atom stereocenters. The van der Waals surface area contributed by atoms with Crippen molar-refractivity contribution in [2.75, 3.05) is 40.5 Å². The lowest BCUT2D eigenvalue weighted by molar-refractivity contribution is -1.22. The fraction of sp³-hybridized carbons (Fsp3) is 1.00. The molecule has 6 heteroatoms. The zero-order chi connectivity index (χ0) is 8.74. The van der Waals surface area contributed by atoms with E-state index in [0.29, 0.717) is 0 Å². The molecule has 0 aliphatic carbocycles. The molecule has 0 aromatic carbocycles. The first-order chi connectivity index (χ1) is 5.12. The van der Waals surface area contributed by atoms with Crippen LogP contribution in [0.3, 0.4) is 0 Å². The number of aliphatic hydroxyl groups is 2. The maximum absolute atomic E-state index is 8.42. The fourth-order valence-corrected chi connectivity index (χ4v) is 0.559. The summed E-state index contributed by atoms with van der Waals surface area (Å²) in [6, 6.07) is 0. The number of quaternary nitrogens is 1. The van der Waals surface area contributed by atoms with E-state index in [9.17, 15) is 0 Å². The Kier molecular flexibility index (Phi) is 9.27. The number of hydroxylamine groups is 4. The maximum atomic E-state index is 8.42. The first-order valence-electron chi connectivity index (χ1n) is 3.47. The van der Waals surface area contributed by atoms with E-state index in [1.807, 2.05) is 0 Å². The van der Waals surface area contributed by atoms with Crippen molar-refractivity contribution >= 4 is 11.0 Å². The highest BCUT2D eigenvalue weighted by Crippen LogP contribution is 1.98. The van der Waals surface area contributed by atoms with Crippen molar-refractivity contribution < 1.29 is 24.7 Å². The van der Waals surface area contributed by atoms with Gasteiger partial charge in [-0.15, -0.1) is 0 Å². The molecule has 0 amide bonds. The molecule has 0 spiro atoms. The van der Waals surface area contributed by atoms with Crippen molar-refractivity contribution in [3.05, 3.63) is 0 Å². The first-order valence-corrected chi connectivity index (χ1v) is 3.47. The van der Waals surface area contributed by atoms with Crippen LogP contribution in [0, 0.1) is 0 Å². The summed E-state index contributed by atoms with van der Waals surface area (Å²) in [5, 5.41) is 16.8. The number of rotatable bonds is 6. The summed E-state index contributed by atoms with van der Waals surface area (Å²) in [5.41, 5.74) is 0. The highest BCUT2D eigenvalue weighted by Gasteiger charge is 2.17. The van der Waals surface area contributed by atoms with Crippen molar-refractivity contribution in [3.8, 4) is 0 Å². The SMILES string of the molecule is C[N+](C)(OCCO)OCCO.[SiH4]. The lowest BCUT2D eigenvalue weighted by Crippen LogP contribution is -2.41. The molecule has 0 radical (unpaired) electrons. The lowest BCUT2D eigenvalue weighted by Gasteiger charge is -2.23. The van der Waals surface area contributed by atoms with Crippen LogP contribution in [0.2, 0.25) is 0 Å². The molecule has 0 rings (SSSR count). The summed E-state index contributed by atoms with van der Waals surface area (Å²) in [6.07, 6.45) is 0. The highest BCUT2D eigenvalue weighted by molar-refractivity contribution is 5.75. The molecular weight excluding hydrogens is 178 g/mol. The Balaban J connectivity index is 0. The van der Waals surface area contributed by atoms with E-state index in [1.165, 1.54) is 0 Å². The standard InChI is InChI=1S/C6H16NO4.H4Si/c1-7(2,10-5-3-8)11-6-4-9;/h8-9H,3-6H2,1-2H3;1H4/q+1;. The fourth-order valence-electron chi connectivity index (χ4n) is 0.559. The van der Waals surface area contributed by atoms with Gasteiger partial charge in [-0.05, 0) is 15.8 Å². The molecule has 12 heavy (non-hydrogen) atoms. The molecule has 0 fully saturated rings. The molecule has 0 saturated carbocycles. The molecule has 0 aliphatic heterocycles. The van der Waals surface area contributed by atoms with Crippen molar-refractivity contribution in [3.63, 3.8) is 0 Å². The largest absolute Gasteiger partial charge is 0.394 e. The zero-order valence-corrected chi connectivity index (χ0v) is 6.99. The van der Waals surface area contributed by atoms with Crippen LogP contribution < -0.4 is 0 Å². The van der Waals surface area contributed by atoms with Crippen LogP contribution in [0.15, 0.2) is 0 Å². The summed E-state index contributed by atoms with van der Waals surface area (Å²) in [4.78, 5) is 9.96. The number of hydrogen-bond acceptors (Lipinski definition) is 4. The Bertz CT molecular complexity index is 91.5. The minimum absolute atomic E-state index is 0.